The monoisotopic (exact) mass is 474 g/mol. The molecule has 11 heteroatoms. The second kappa shape index (κ2) is 10.6. The zero-order valence-corrected chi connectivity index (χ0v) is 20.0. The first kappa shape index (κ1) is 23.7. The van der Waals surface area contributed by atoms with Gasteiger partial charge < -0.3 is 15.8 Å². The van der Waals surface area contributed by atoms with E-state index < -0.39 is 12.0 Å². The summed E-state index contributed by atoms with van der Waals surface area (Å²) in [4.78, 5) is 29.7. The van der Waals surface area contributed by atoms with Gasteiger partial charge in [0, 0.05) is 5.75 Å². The third kappa shape index (κ3) is 5.86. The molecule has 0 aliphatic heterocycles. The van der Waals surface area contributed by atoms with Crippen LogP contribution in [-0.4, -0.2) is 43.5 Å². The minimum Gasteiger partial charge on any atom is -0.459 e. The number of amides is 1. The number of carbonyl (C=O) groups excluding carboxylic acids is 2. The molecule has 2 aromatic heterocycles. The highest BCUT2D eigenvalue weighted by Crippen LogP contribution is 2.27. The molecule has 0 fully saturated rings. The van der Waals surface area contributed by atoms with Crippen LogP contribution in [0.15, 0.2) is 35.5 Å². The highest BCUT2D eigenvalue weighted by molar-refractivity contribution is 7.99. The molecule has 1 amide bonds. The van der Waals surface area contributed by atoms with Crippen LogP contribution < -0.4 is 11.1 Å². The van der Waals surface area contributed by atoms with Crippen molar-refractivity contribution in [2.45, 2.75) is 51.4 Å². The maximum absolute atomic E-state index is 12.9. The van der Waals surface area contributed by atoms with Gasteiger partial charge in [-0.05, 0) is 39.7 Å². The lowest BCUT2D eigenvalue weighted by molar-refractivity contribution is -0.118. The van der Waals surface area contributed by atoms with Crippen molar-refractivity contribution in [2.24, 2.45) is 0 Å². The number of esters is 1. The van der Waals surface area contributed by atoms with Crippen LogP contribution in [0.3, 0.4) is 0 Å². The molecule has 9 nitrogen and oxygen atoms in total. The number of ether oxygens (including phenoxy) is 1. The third-order valence-electron chi connectivity index (χ3n) is 4.48. The second-order valence-electron chi connectivity index (χ2n) is 7.35. The van der Waals surface area contributed by atoms with E-state index in [0.29, 0.717) is 20.9 Å². The number of nitrogens with zero attached hydrogens (tertiary/aromatic N) is 4. The second-order valence-corrected chi connectivity index (χ2v) is 9.41. The summed E-state index contributed by atoms with van der Waals surface area (Å²) in [5.74, 6) is 0.137. The highest BCUT2D eigenvalue weighted by atomic mass is 32.2. The van der Waals surface area contributed by atoms with Gasteiger partial charge in [-0.25, -0.2) is 9.78 Å². The molecular formula is C21H26N6O3S2. The van der Waals surface area contributed by atoms with Gasteiger partial charge in [0.05, 0.1) is 11.8 Å². The van der Waals surface area contributed by atoms with Gasteiger partial charge in [-0.2, -0.15) is 0 Å². The Bertz CT molecular complexity index is 1080. The van der Waals surface area contributed by atoms with E-state index in [-0.39, 0.29) is 18.0 Å². The highest BCUT2D eigenvalue weighted by Gasteiger charge is 2.24. The van der Waals surface area contributed by atoms with Gasteiger partial charge in [0.15, 0.2) is 10.3 Å². The lowest BCUT2D eigenvalue weighted by atomic mass is 10.2. The number of hydrogen-bond acceptors (Lipinski definition) is 9. The van der Waals surface area contributed by atoms with E-state index in [2.05, 4.69) is 32.6 Å². The van der Waals surface area contributed by atoms with Gasteiger partial charge in [-0.3, -0.25) is 9.36 Å². The molecule has 0 saturated heterocycles. The molecule has 32 heavy (non-hydrogen) atoms. The van der Waals surface area contributed by atoms with Crippen LogP contribution in [0.1, 0.15) is 47.7 Å². The van der Waals surface area contributed by atoms with E-state index >= 15 is 0 Å². The molecule has 1 atom stereocenters. The number of hydrogen-bond donors (Lipinski definition) is 2. The Kier molecular flexibility index (Phi) is 7.86. The van der Waals surface area contributed by atoms with Crippen LogP contribution in [0.5, 0.6) is 0 Å². The van der Waals surface area contributed by atoms with E-state index in [0.717, 1.165) is 23.5 Å². The normalized spacial score (nSPS) is 12.0. The van der Waals surface area contributed by atoms with E-state index in [9.17, 15) is 9.59 Å². The molecule has 0 aliphatic carbocycles. The minimum absolute atomic E-state index is 0.159. The van der Waals surface area contributed by atoms with Gasteiger partial charge >= 0.3 is 5.97 Å². The quantitative estimate of drug-likeness (QED) is 0.355. The van der Waals surface area contributed by atoms with Crippen molar-refractivity contribution in [1.82, 2.24) is 19.7 Å². The number of nitrogen functional groups attached to an aromatic ring is 1. The molecule has 0 spiro atoms. The SMILES string of the molecule is Cc1nc(NC(=O)C(C)n2c(N)nnc2SCCc2ccccc2)sc1C(=O)OC(C)C. The van der Waals surface area contributed by atoms with Gasteiger partial charge in [-0.1, -0.05) is 53.4 Å². The van der Waals surface area contributed by atoms with Crippen molar-refractivity contribution in [2.75, 3.05) is 16.8 Å². The molecule has 0 aliphatic rings. The van der Waals surface area contributed by atoms with Crippen LogP contribution in [-0.2, 0) is 16.0 Å². The van der Waals surface area contributed by atoms with Crippen molar-refractivity contribution in [3.63, 3.8) is 0 Å². The molecule has 0 radical (unpaired) electrons. The Balaban J connectivity index is 1.66. The summed E-state index contributed by atoms with van der Waals surface area (Å²) in [7, 11) is 0. The Morgan fingerprint density at radius 2 is 1.94 bits per heavy atom. The van der Waals surface area contributed by atoms with Gasteiger partial charge in [0.25, 0.3) is 0 Å². The topological polar surface area (TPSA) is 125 Å². The zero-order chi connectivity index (χ0) is 23.3. The summed E-state index contributed by atoms with van der Waals surface area (Å²) in [6.07, 6.45) is 0.614. The Hall–Kier alpha value is -2.92. The molecule has 170 valence electrons. The van der Waals surface area contributed by atoms with Crippen molar-refractivity contribution < 1.29 is 14.3 Å². The first-order chi connectivity index (χ1) is 15.3. The lowest BCUT2D eigenvalue weighted by Crippen LogP contribution is -2.25. The molecule has 1 unspecified atom stereocenters. The van der Waals surface area contributed by atoms with Crippen molar-refractivity contribution in [3.05, 3.63) is 46.5 Å². The predicted octanol–water partition coefficient (Wildman–Crippen LogP) is 3.72. The van der Waals surface area contributed by atoms with Crippen LogP contribution in [0, 0.1) is 6.92 Å². The summed E-state index contributed by atoms with van der Waals surface area (Å²) in [6, 6.07) is 9.45. The lowest BCUT2D eigenvalue weighted by Gasteiger charge is -2.15. The molecule has 3 aromatic rings. The fourth-order valence-electron chi connectivity index (χ4n) is 2.89. The summed E-state index contributed by atoms with van der Waals surface area (Å²) >= 11 is 2.56. The molecular weight excluding hydrogens is 448 g/mol. The smallest absolute Gasteiger partial charge is 0.350 e. The molecule has 3 N–H and O–H groups in total. The van der Waals surface area contributed by atoms with Gasteiger partial charge in [0.1, 0.15) is 10.9 Å². The number of rotatable bonds is 9. The molecule has 1 aromatic carbocycles. The van der Waals surface area contributed by atoms with Crippen molar-refractivity contribution >= 4 is 46.1 Å². The van der Waals surface area contributed by atoms with Gasteiger partial charge in [-0.15, -0.1) is 10.2 Å². The maximum Gasteiger partial charge on any atom is 0.350 e. The van der Waals surface area contributed by atoms with Gasteiger partial charge in [0.2, 0.25) is 11.9 Å². The average Bonchev–Trinajstić information content (AvgIpc) is 3.29. The first-order valence-electron chi connectivity index (χ1n) is 10.1. The fourth-order valence-corrected chi connectivity index (χ4v) is 4.75. The van der Waals surface area contributed by atoms with Crippen molar-refractivity contribution in [3.8, 4) is 0 Å². The van der Waals surface area contributed by atoms with E-state index in [4.69, 9.17) is 10.5 Å². The number of anilines is 2. The number of nitrogens with one attached hydrogen (secondary N) is 1. The minimum atomic E-state index is -0.667. The molecule has 0 saturated carbocycles. The molecule has 3 rings (SSSR count). The number of carbonyl (C=O) groups is 2. The first-order valence-corrected chi connectivity index (χ1v) is 11.9. The largest absolute Gasteiger partial charge is 0.459 e. The average molecular weight is 475 g/mol. The van der Waals surface area contributed by atoms with E-state index in [1.165, 1.54) is 17.3 Å². The number of thiazole rings is 1. The third-order valence-corrected chi connectivity index (χ3v) is 6.47. The number of benzene rings is 1. The van der Waals surface area contributed by atoms with Crippen LogP contribution in [0.4, 0.5) is 11.1 Å². The van der Waals surface area contributed by atoms with E-state index in [1.807, 2.05) is 18.2 Å². The zero-order valence-electron chi connectivity index (χ0n) is 18.4. The summed E-state index contributed by atoms with van der Waals surface area (Å²) in [5.41, 5.74) is 7.71. The maximum atomic E-state index is 12.9. The van der Waals surface area contributed by atoms with Crippen LogP contribution in [0.25, 0.3) is 0 Å². The van der Waals surface area contributed by atoms with Crippen LogP contribution in [0.2, 0.25) is 0 Å². The summed E-state index contributed by atoms with van der Waals surface area (Å²) in [5, 5.41) is 11.7. The Morgan fingerprint density at radius 3 is 2.62 bits per heavy atom. The fraction of sp³-hybridized carbons (Fsp3) is 0.381. The van der Waals surface area contributed by atoms with E-state index in [1.54, 1.807) is 32.3 Å². The molecule has 2 heterocycles. The Labute approximate surface area is 194 Å². The number of aryl methyl sites for hydroxylation is 2. The molecule has 0 bridgehead atoms. The van der Waals surface area contributed by atoms with Crippen LogP contribution >= 0.6 is 23.1 Å². The standard InChI is InChI=1S/C21H26N6O3S2/c1-12(2)30-18(29)16-13(3)23-20(32-16)24-17(28)14(4)27-19(22)25-26-21(27)31-11-10-15-8-6-5-7-9-15/h5-9,12,14H,10-11H2,1-4H3,(H2,22,25)(H,23,24,28). The van der Waals surface area contributed by atoms with Crippen molar-refractivity contribution in [1.29, 1.82) is 0 Å². The number of aromatic nitrogens is 4. The summed E-state index contributed by atoms with van der Waals surface area (Å²) < 4.78 is 6.82. The number of thioether (sulfide) groups is 1. The summed E-state index contributed by atoms with van der Waals surface area (Å²) in [6.45, 7) is 6.96. The Morgan fingerprint density at radius 1 is 1.22 bits per heavy atom. The predicted molar refractivity (Wildman–Crippen MR) is 126 cm³/mol. The number of nitrogens with two attached hydrogens (primary N) is 1.